The lowest BCUT2D eigenvalue weighted by Crippen LogP contribution is -2.28. The average molecular weight is 426 g/mol. The van der Waals surface area contributed by atoms with Gasteiger partial charge < -0.3 is 10.2 Å². The van der Waals surface area contributed by atoms with Crippen molar-refractivity contribution in [1.29, 1.82) is 0 Å². The number of para-hydroxylation sites is 1. The predicted molar refractivity (Wildman–Crippen MR) is 114 cm³/mol. The number of hydrogen-bond donors (Lipinski definition) is 1. The van der Waals surface area contributed by atoms with E-state index in [4.69, 9.17) is 0 Å². The number of rotatable bonds is 6. The van der Waals surface area contributed by atoms with Crippen LogP contribution in [0.4, 0.5) is 10.8 Å². The maximum atomic E-state index is 12.6. The topological polar surface area (TPSA) is 88.1 Å². The van der Waals surface area contributed by atoms with E-state index in [0.29, 0.717) is 17.4 Å². The van der Waals surface area contributed by atoms with Crippen LogP contribution in [0.1, 0.15) is 17.7 Å². The zero-order chi connectivity index (χ0) is 20.2. The van der Waals surface area contributed by atoms with Crippen molar-refractivity contribution in [3.05, 3.63) is 59.9 Å². The summed E-state index contributed by atoms with van der Waals surface area (Å²) >= 11 is 2.84. The number of nitrogens with zero attached hydrogens (tertiary/aromatic N) is 4. The van der Waals surface area contributed by atoms with Crippen molar-refractivity contribution in [3.8, 4) is 0 Å². The Hall–Kier alpha value is -2.78. The minimum absolute atomic E-state index is 0.0386. The molecule has 1 aliphatic rings. The van der Waals surface area contributed by atoms with Gasteiger partial charge in [-0.15, -0.1) is 10.2 Å². The summed E-state index contributed by atoms with van der Waals surface area (Å²) in [6, 6.07) is 13.5. The number of aromatic nitrogens is 3. The molecule has 1 aromatic carbocycles. The van der Waals surface area contributed by atoms with Gasteiger partial charge in [0.2, 0.25) is 16.9 Å². The van der Waals surface area contributed by atoms with E-state index >= 15 is 0 Å². The Morgan fingerprint density at radius 3 is 2.86 bits per heavy atom. The third-order valence-corrected chi connectivity index (χ3v) is 6.61. The van der Waals surface area contributed by atoms with Gasteiger partial charge in [-0.3, -0.25) is 14.6 Å². The molecule has 29 heavy (non-hydrogen) atoms. The molecular weight excluding hydrogens is 406 g/mol. The summed E-state index contributed by atoms with van der Waals surface area (Å²) in [7, 11) is 0. The van der Waals surface area contributed by atoms with Crippen molar-refractivity contribution >= 4 is 45.7 Å². The van der Waals surface area contributed by atoms with Gasteiger partial charge in [0, 0.05) is 30.6 Å². The lowest BCUT2D eigenvalue weighted by molar-refractivity contribution is -0.122. The van der Waals surface area contributed by atoms with Crippen LogP contribution in [0.2, 0.25) is 0 Å². The van der Waals surface area contributed by atoms with Crippen molar-refractivity contribution in [1.82, 2.24) is 15.2 Å². The second kappa shape index (κ2) is 8.71. The lowest BCUT2D eigenvalue weighted by atomic mass is 10.1. The van der Waals surface area contributed by atoms with Gasteiger partial charge in [0.05, 0.1) is 11.6 Å². The molecular formula is C20H19N5O2S2. The number of thioether (sulfide) groups is 1. The standard InChI is InChI=1S/C20H19N5O2S2/c1-13-6-2-3-8-16(13)25-11-14(10-17(25)26)18(27)22-19-23-24-20(29-19)28-12-15-7-4-5-9-21-15/h2-9,14H,10-12H2,1H3,(H,22,23,27)/t14-/m1/s1. The quantitative estimate of drug-likeness (QED) is 0.480. The van der Waals surface area contributed by atoms with Crippen LogP contribution in [0.3, 0.4) is 0 Å². The fourth-order valence-corrected chi connectivity index (χ4v) is 4.80. The van der Waals surface area contributed by atoms with Crippen LogP contribution in [0.5, 0.6) is 0 Å². The number of aryl methyl sites for hydroxylation is 1. The summed E-state index contributed by atoms with van der Waals surface area (Å²) in [6.07, 6.45) is 1.95. The number of amides is 2. The normalized spacial score (nSPS) is 16.2. The SMILES string of the molecule is Cc1ccccc1N1C[C@H](C(=O)Nc2nnc(SCc3ccccn3)s2)CC1=O. The smallest absolute Gasteiger partial charge is 0.231 e. The fraction of sp³-hybridized carbons (Fsp3) is 0.250. The number of carbonyl (C=O) groups excluding carboxylic acids is 2. The molecule has 2 amide bonds. The van der Waals surface area contributed by atoms with E-state index in [-0.39, 0.29) is 18.2 Å². The number of nitrogens with one attached hydrogen (secondary N) is 1. The van der Waals surface area contributed by atoms with Crippen molar-refractivity contribution in [2.24, 2.45) is 5.92 Å². The van der Waals surface area contributed by atoms with E-state index in [9.17, 15) is 9.59 Å². The number of pyridine rings is 1. The molecule has 1 saturated heterocycles. The summed E-state index contributed by atoms with van der Waals surface area (Å²) in [5, 5.41) is 11.4. The van der Waals surface area contributed by atoms with Crippen LogP contribution in [0, 0.1) is 12.8 Å². The van der Waals surface area contributed by atoms with Gasteiger partial charge in [0.25, 0.3) is 0 Å². The molecule has 0 unspecified atom stereocenters. The molecule has 9 heteroatoms. The highest BCUT2D eigenvalue weighted by atomic mass is 32.2. The minimum Gasteiger partial charge on any atom is -0.311 e. The van der Waals surface area contributed by atoms with Crippen molar-refractivity contribution in [3.63, 3.8) is 0 Å². The Bertz CT molecular complexity index is 1020. The monoisotopic (exact) mass is 425 g/mol. The van der Waals surface area contributed by atoms with E-state index in [2.05, 4.69) is 20.5 Å². The molecule has 0 spiro atoms. The van der Waals surface area contributed by atoms with Gasteiger partial charge in [-0.1, -0.05) is 47.4 Å². The summed E-state index contributed by atoms with van der Waals surface area (Å²) in [5.74, 6) is 0.0390. The highest BCUT2D eigenvalue weighted by Gasteiger charge is 2.36. The number of anilines is 2. The lowest BCUT2D eigenvalue weighted by Gasteiger charge is -2.18. The number of carbonyl (C=O) groups is 2. The first-order chi connectivity index (χ1) is 14.1. The Kier molecular flexibility index (Phi) is 5.86. The fourth-order valence-electron chi connectivity index (χ4n) is 3.13. The largest absolute Gasteiger partial charge is 0.311 e. The highest BCUT2D eigenvalue weighted by molar-refractivity contribution is 8.00. The molecule has 1 N–H and O–H groups in total. The molecule has 0 aliphatic carbocycles. The first kappa shape index (κ1) is 19.5. The van der Waals surface area contributed by atoms with Gasteiger partial charge in [-0.2, -0.15) is 0 Å². The second-order valence-corrected chi connectivity index (χ2v) is 8.86. The van der Waals surface area contributed by atoms with Crippen LogP contribution < -0.4 is 10.2 Å². The third kappa shape index (κ3) is 4.63. The Labute approximate surface area is 176 Å². The van der Waals surface area contributed by atoms with Crippen molar-refractivity contribution in [2.75, 3.05) is 16.8 Å². The second-order valence-electron chi connectivity index (χ2n) is 6.66. The zero-order valence-electron chi connectivity index (χ0n) is 15.7. The zero-order valence-corrected chi connectivity index (χ0v) is 17.4. The van der Waals surface area contributed by atoms with Crippen LogP contribution in [-0.4, -0.2) is 33.5 Å². The molecule has 4 rings (SSSR count). The summed E-state index contributed by atoms with van der Waals surface area (Å²) in [4.78, 5) is 31.0. The molecule has 0 radical (unpaired) electrons. The van der Waals surface area contributed by atoms with Crippen LogP contribution in [0.25, 0.3) is 0 Å². The summed E-state index contributed by atoms with van der Waals surface area (Å²) < 4.78 is 0.759. The van der Waals surface area contributed by atoms with E-state index in [1.54, 1.807) is 11.1 Å². The van der Waals surface area contributed by atoms with Gasteiger partial charge in [-0.05, 0) is 30.7 Å². The molecule has 3 aromatic rings. The molecule has 2 aromatic heterocycles. The van der Waals surface area contributed by atoms with Crippen LogP contribution >= 0.6 is 23.1 Å². The predicted octanol–water partition coefficient (Wildman–Crippen LogP) is 3.53. The number of hydrogen-bond acceptors (Lipinski definition) is 7. The van der Waals surface area contributed by atoms with Crippen LogP contribution in [-0.2, 0) is 15.3 Å². The van der Waals surface area contributed by atoms with Gasteiger partial charge >= 0.3 is 0 Å². The van der Waals surface area contributed by atoms with E-state index in [0.717, 1.165) is 21.3 Å². The Morgan fingerprint density at radius 1 is 1.24 bits per heavy atom. The first-order valence-electron chi connectivity index (χ1n) is 9.13. The van der Waals surface area contributed by atoms with Crippen molar-refractivity contribution < 1.29 is 9.59 Å². The molecule has 3 heterocycles. The maximum absolute atomic E-state index is 12.6. The van der Waals surface area contributed by atoms with Gasteiger partial charge in [0.15, 0.2) is 4.34 Å². The van der Waals surface area contributed by atoms with Crippen LogP contribution in [0.15, 0.2) is 53.0 Å². The van der Waals surface area contributed by atoms with E-state index in [1.807, 2.05) is 49.4 Å². The molecule has 7 nitrogen and oxygen atoms in total. The van der Waals surface area contributed by atoms with E-state index < -0.39 is 5.92 Å². The first-order valence-corrected chi connectivity index (χ1v) is 10.9. The number of benzene rings is 1. The summed E-state index contributed by atoms with van der Waals surface area (Å²) in [6.45, 7) is 2.33. The van der Waals surface area contributed by atoms with Gasteiger partial charge in [-0.25, -0.2) is 0 Å². The molecule has 0 bridgehead atoms. The molecule has 148 valence electrons. The molecule has 1 aliphatic heterocycles. The maximum Gasteiger partial charge on any atom is 0.231 e. The highest BCUT2D eigenvalue weighted by Crippen LogP contribution is 2.30. The molecule has 1 atom stereocenters. The molecule has 1 fully saturated rings. The average Bonchev–Trinajstić information content (AvgIpc) is 3.34. The Balaban J connectivity index is 1.35. The van der Waals surface area contributed by atoms with Crippen molar-refractivity contribution in [2.45, 2.75) is 23.4 Å². The van der Waals surface area contributed by atoms with Gasteiger partial charge in [0.1, 0.15) is 0 Å². The third-order valence-electron chi connectivity index (χ3n) is 4.61. The summed E-state index contributed by atoms with van der Waals surface area (Å²) in [5.41, 5.74) is 2.83. The Morgan fingerprint density at radius 2 is 2.07 bits per heavy atom. The van der Waals surface area contributed by atoms with E-state index in [1.165, 1.54) is 23.1 Å². The minimum atomic E-state index is -0.407. The molecule has 0 saturated carbocycles.